The molecule has 0 radical (unpaired) electrons. The quantitative estimate of drug-likeness (QED) is 0.717. The molecule has 0 spiro atoms. The lowest BCUT2D eigenvalue weighted by Crippen LogP contribution is -2.25. The Kier molecular flexibility index (Phi) is 4.96. The molecular weight excluding hydrogens is 202 g/mol. The van der Waals surface area contributed by atoms with E-state index in [4.69, 9.17) is 4.74 Å². The third-order valence-corrected chi connectivity index (χ3v) is 2.57. The van der Waals surface area contributed by atoms with Crippen LogP contribution >= 0.6 is 0 Å². The van der Waals surface area contributed by atoms with Crippen LogP contribution in [0.3, 0.4) is 0 Å². The molecule has 1 heterocycles. The lowest BCUT2D eigenvalue weighted by atomic mass is 9.90. The van der Waals surface area contributed by atoms with Crippen LogP contribution in [0.4, 0.5) is 0 Å². The van der Waals surface area contributed by atoms with Gasteiger partial charge < -0.3 is 4.74 Å². The van der Waals surface area contributed by atoms with Crippen molar-refractivity contribution >= 4 is 5.97 Å². The second-order valence-corrected chi connectivity index (χ2v) is 4.17. The molecule has 16 heavy (non-hydrogen) atoms. The summed E-state index contributed by atoms with van der Waals surface area (Å²) in [5.74, 6) is 0.0877. The van der Waals surface area contributed by atoms with Crippen LogP contribution in [-0.2, 0) is 16.0 Å². The molecule has 0 N–H and O–H groups in total. The summed E-state index contributed by atoms with van der Waals surface area (Å²) in [5, 5.41) is 0. The van der Waals surface area contributed by atoms with Crippen molar-refractivity contribution < 1.29 is 9.53 Å². The summed E-state index contributed by atoms with van der Waals surface area (Å²) in [5.41, 5.74) is 1.08. The number of hydrogen-bond donors (Lipinski definition) is 0. The Hall–Kier alpha value is -1.38. The molecule has 88 valence electrons. The minimum absolute atomic E-state index is 0.0795. The number of carbonyl (C=O) groups excluding carboxylic acids is 1. The third kappa shape index (κ3) is 3.65. The number of rotatable bonds is 5. The third-order valence-electron chi connectivity index (χ3n) is 2.57. The lowest BCUT2D eigenvalue weighted by Gasteiger charge is -2.18. The van der Waals surface area contributed by atoms with E-state index in [-0.39, 0.29) is 17.8 Å². The molecule has 0 saturated heterocycles. The molecule has 3 heteroatoms. The molecule has 3 nitrogen and oxygen atoms in total. The van der Waals surface area contributed by atoms with Gasteiger partial charge in [0.25, 0.3) is 0 Å². The SMILES string of the molecule is CCOC(=O)C(Cc1cccnc1)C(C)C. The summed E-state index contributed by atoms with van der Waals surface area (Å²) in [7, 11) is 0. The van der Waals surface area contributed by atoms with Gasteiger partial charge in [-0.1, -0.05) is 19.9 Å². The van der Waals surface area contributed by atoms with Crippen molar-refractivity contribution in [3.05, 3.63) is 30.1 Å². The van der Waals surface area contributed by atoms with E-state index < -0.39 is 0 Å². The van der Waals surface area contributed by atoms with Crippen molar-refractivity contribution in [1.29, 1.82) is 0 Å². The molecule has 1 unspecified atom stereocenters. The van der Waals surface area contributed by atoms with Crippen molar-refractivity contribution in [1.82, 2.24) is 4.98 Å². The number of hydrogen-bond acceptors (Lipinski definition) is 3. The van der Waals surface area contributed by atoms with Gasteiger partial charge in [-0.3, -0.25) is 9.78 Å². The molecule has 1 atom stereocenters. The van der Waals surface area contributed by atoms with Gasteiger partial charge in [0.1, 0.15) is 0 Å². The summed E-state index contributed by atoms with van der Waals surface area (Å²) in [6, 6.07) is 3.87. The first-order valence-electron chi connectivity index (χ1n) is 5.70. The number of carbonyl (C=O) groups is 1. The van der Waals surface area contributed by atoms with E-state index in [0.29, 0.717) is 13.0 Å². The van der Waals surface area contributed by atoms with Gasteiger partial charge >= 0.3 is 5.97 Å². The Morgan fingerprint density at radius 2 is 2.25 bits per heavy atom. The van der Waals surface area contributed by atoms with Crippen molar-refractivity contribution in [3.63, 3.8) is 0 Å². The predicted octanol–water partition coefficient (Wildman–Crippen LogP) is 2.46. The van der Waals surface area contributed by atoms with Gasteiger partial charge in [-0.05, 0) is 30.9 Å². The van der Waals surface area contributed by atoms with Gasteiger partial charge in [-0.2, -0.15) is 0 Å². The Balaban J connectivity index is 2.69. The van der Waals surface area contributed by atoms with E-state index in [1.54, 1.807) is 12.4 Å². The van der Waals surface area contributed by atoms with Crippen LogP contribution in [0.15, 0.2) is 24.5 Å². The zero-order chi connectivity index (χ0) is 12.0. The Morgan fingerprint density at radius 1 is 1.50 bits per heavy atom. The standard InChI is InChI=1S/C13H19NO2/c1-4-16-13(15)12(10(2)3)8-11-6-5-7-14-9-11/h5-7,9-10,12H,4,8H2,1-3H3. The number of pyridine rings is 1. The van der Waals surface area contributed by atoms with Gasteiger partial charge in [0.15, 0.2) is 0 Å². The van der Waals surface area contributed by atoms with Gasteiger partial charge in [0.2, 0.25) is 0 Å². The van der Waals surface area contributed by atoms with Crippen LogP contribution in [0.1, 0.15) is 26.3 Å². The van der Waals surface area contributed by atoms with E-state index in [1.165, 1.54) is 0 Å². The van der Waals surface area contributed by atoms with Gasteiger partial charge in [0.05, 0.1) is 12.5 Å². The van der Waals surface area contributed by atoms with Crippen LogP contribution in [0.5, 0.6) is 0 Å². The maximum absolute atomic E-state index is 11.7. The second kappa shape index (κ2) is 6.26. The fraction of sp³-hybridized carbons (Fsp3) is 0.538. The molecule has 0 amide bonds. The van der Waals surface area contributed by atoms with Crippen LogP contribution in [0.25, 0.3) is 0 Å². The fourth-order valence-electron chi connectivity index (χ4n) is 1.61. The minimum Gasteiger partial charge on any atom is -0.466 e. The average molecular weight is 221 g/mol. The van der Waals surface area contributed by atoms with Gasteiger partial charge in [-0.15, -0.1) is 0 Å². The van der Waals surface area contributed by atoms with Crippen molar-refractivity contribution in [2.24, 2.45) is 11.8 Å². The number of ether oxygens (including phenoxy) is 1. The largest absolute Gasteiger partial charge is 0.466 e. The molecule has 0 saturated carbocycles. The maximum atomic E-state index is 11.7. The van der Waals surface area contributed by atoms with Crippen LogP contribution < -0.4 is 0 Å². The number of esters is 1. The normalized spacial score (nSPS) is 12.5. The molecule has 0 bridgehead atoms. The smallest absolute Gasteiger partial charge is 0.309 e. The Morgan fingerprint density at radius 3 is 2.75 bits per heavy atom. The molecule has 0 aliphatic rings. The summed E-state index contributed by atoms with van der Waals surface area (Å²) in [6.07, 6.45) is 4.23. The molecule has 0 aliphatic carbocycles. The van der Waals surface area contributed by atoms with Crippen LogP contribution in [0.2, 0.25) is 0 Å². The minimum atomic E-state index is -0.110. The zero-order valence-corrected chi connectivity index (χ0v) is 10.1. The first-order valence-corrected chi connectivity index (χ1v) is 5.70. The van der Waals surface area contributed by atoms with Gasteiger partial charge in [0, 0.05) is 12.4 Å². The molecule has 1 aromatic heterocycles. The van der Waals surface area contributed by atoms with Crippen molar-refractivity contribution in [2.75, 3.05) is 6.61 Å². The molecule has 1 rings (SSSR count). The first kappa shape index (κ1) is 12.7. The molecule has 0 aromatic carbocycles. The van der Waals surface area contributed by atoms with Crippen LogP contribution in [0, 0.1) is 11.8 Å². The Bertz CT molecular complexity index is 322. The molecule has 0 fully saturated rings. The van der Waals surface area contributed by atoms with Crippen molar-refractivity contribution in [2.45, 2.75) is 27.2 Å². The summed E-state index contributed by atoms with van der Waals surface area (Å²) in [4.78, 5) is 15.8. The highest BCUT2D eigenvalue weighted by molar-refractivity contribution is 5.73. The molecule has 0 aliphatic heterocycles. The summed E-state index contributed by atoms with van der Waals surface area (Å²) >= 11 is 0. The average Bonchev–Trinajstić information content (AvgIpc) is 2.27. The zero-order valence-electron chi connectivity index (χ0n) is 10.1. The topological polar surface area (TPSA) is 39.2 Å². The maximum Gasteiger partial charge on any atom is 0.309 e. The fourth-order valence-corrected chi connectivity index (χ4v) is 1.61. The predicted molar refractivity (Wildman–Crippen MR) is 62.9 cm³/mol. The monoisotopic (exact) mass is 221 g/mol. The second-order valence-electron chi connectivity index (χ2n) is 4.17. The summed E-state index contributed by atoms with van der Waals surface area (Å²) < 4.78 is 5.08. The lowest BCUT2D eigenvalue weighted by molar-refractivity contribution is -0.149. The van der Waals surface area contributed by atoms with Crippen molar-refractivity contribution in [3.8, 4) is 0 Å². The highest BCUT2D eigenvalue weighted by atomic mass is 16.5. The van der Waals surface area contributed by atoms with Crippen LogP contribution in [-0.4, -0.2) is 17.6 Å². The highest BCUT2D eigenvalue weighted by Crippen LogP contribution is 2.18. The highest BCUT2D eigenvalue weighted by Gasteiger charge is 2.23. The number of nitrogens with zero attached hydrogens (tertiary/aromatic N) is 1. The first-order chi connectivity index (χ1) is 7.65. The Labute approximate surface area is 96.8 Å². The van der Waals surface area contributed by atoms with E-state index in [0.717, 1.165) is 5.56 Å². The summed E-state index contributed by atoms with van der Waals surface area (Å²) in [6.45, 7) is 6.35. The van der Waals surface area contributed by atoms with E-state index in [2.05, 4.69) is 4.98 Å². The number of aromatic nitrogens is 1. The molecule has 1 aromatic rings. The van der Waals surface area contributed by atoms with E-state index in [9.17, 15) is 4.79 Å². The van der Waals surface area contributed by atoms with Gasteiger partial charge in [-0.25, -0.2) is 0 Å². The van der Waals surface area contributed by atoms with E-state index >= 15 is 0 Å². The van der Waals surface area contributed by atoms with E-state index in [1.807, 2.05) is 32.9 Å². The molecular formula is C13H19NO2.